The molecule has 0 spiro atoms. The first-order valence-electron chi connectivity index (χ1n) is 5.99. The van der Waals surface area contributed by atoms with Crippen LogP contribution in [0.15, 0.2) is 0 Å². The molecule has 2 fully saturated rings. The lowest BCUT2D eigenvalue weighted by Crippen LogP contribution is -2.30. The van der Waals surface area contributed by atoms with Gasteiger partial charge in [-0.2, -0.15) is 0 Å². The summed E-state index contributed by atoms with van der Waals surface area (Å²) in [5, 5.41) is 3.64. The van der Waals surface area contributed by atoms with Crippen molar-refractivity contribution < 1.29 is 0 Å². The molecule has 2 rings (SSSR count). The predicted octanol–water partition coefficient (Wildman–Crippen LogP) is 2.96. The summed E-state index contributed by atoms with van der Waals surface area (Å²) < 4.78 is 0. The third-order valence-electron chi connectivity index (χ3n) is 3.79. The van der Waals surface area contributed by atoms with Crippen LogP contribution in [-0.2, 0) is 0 Å². The van der Waals surface area contributed by atoms with Crippen molar-refractivity contribution in [2.24, 2.45) is 11.3 Å². The summed E-state index contributed by atoms with van der Waals surface area (Å²) in [4.78, 5) is 0. The standard InChI is InChI=1S/C12H23N/c1-12(7-2-3-8-12)10-13-9-6-11-4-5-11/h11,13H,2-10H2,1H3. The van der Waals surface area contributed by atoms with Gasteiger partial charge in [-0.15, -0.1) is 0 Å². The average molecular weight is 181 g/mol. The van der Waals surface area contributed by atoms with Crippen molar-refractivity contribution in [2.45, 2.75) is 51.9 Å². The third kappa shape index (κ3) is 2.98. The van der Waals surface area contributed by atoms with Gasteiger partial charge in [0.25, 0.3) is 0 Å². The Balaban J connectivity index is 1.55. The van der Waals surface area contributed by atoms with Gasteiger partial charge < -0.3 is 5.32 Å². The highest BCUT2D eigenvalue weighted by Gasteiger charge is 2.28. The van der Waals surface area contributed by atoms with Gasteiger partial charge in [-0.25, -0.2) is 0 Å². The highest BCUT2D eigenvalue weighted by atomic mass is 14.9. The Morgan fingerprint density at radius 1 is 1.23 bits per heavy atom. The Bertz CT molecular complexity index is 155. The SMILES string of the molecule is CC1(CNCCC2CC2)CCCC1. The molecule has 0 heterocycles. The second-order valence-corrected chi connectivity index (χ2v) is 5.43. The van der Waals surface area contributed by atoms with Crippen LogP contribution in [0, 0.1) is 11.3 Å². The third-order valence-corrected chi connectivity index (χ3v) is 3.79. The number of hydrogen-bond donors (Lipinski definition) is 1. The molecule has 2 aliphatic rings. The monoisotopic (exact) mass is 181 g/mol. The molecule has 0 atom stereocenters. The minimum atomic E-state index is 0.642. The lowest BCUT2D eigenvalue weighted by molar-refractivity contribution is 0.314. The summed E-state index contributed by atoms with van der Waals surface area (Å²) in [6.07, 6.45) is 10.2. The summed E-state index contributed by atoms with van der Waals surface area (Å²) in [5.74, 6) is 1.09. The first kappa shape index (κ1) is 9.51. The molecule has 76 valence electrons. The molecule has 2 saturated carbocycles. The Labute approximate surface area is 82.3 Å². The van der Waals surface area contributed by atoms with Crippen molar-refractivity contribution in [3.05, 3.63) is 0 Å². The molecule has 0 amide bonds. The zero-order valence-corrected chi connectivity index (χ0v) is 8.94. The molecular formula is C12H23N. The summed E-state index contributed by atoms with van der Waals surface area (Å²) in [7, 11) is 0. The quantitative estimate of drug-likeness (QED) is 0.643. The highest BCUT2D eigenvalue weighted by molar-refractivity contribution is 4.82. The van der Waals surface area contributed by atoms with Crippen LogP contribution in [0.1, 0.15) is 51.9 Å². The van der Waals surface area contributed by atoms with Crippen molar-refractivity contribution in [3.8, 4) is 0 Å². The van der Waals surface area contributed by atoms with Crippen LogP contribution in [0.2, 0.25) is 0 Å². The van der Waals surface area contributed by atoms with Crippen LogP contribution in [0.5, 0.6) is 0 Å². The van der Waals surface area contributed by atoms with Crippen molar-refractivity contribution in [1.82, 2.24) is 5.32 Å². The Kier molecular flexibility index (Phi) is 2.92. The van der Waals surface area contributed by atoms with Crippen LogP contribution in [0.25, 0.3) is 0 Å². The van der Waals surface area contributed by atoms with E-state index in [9.17, 15) is 0 Å². The largest absolute Gasteiger partial charge is 0.316 e. The maximum atomic E-state index is 3.64. The van der Waals surface area contributed by atoms with E-state index < -0.39 is 0 Å². The molecule has 0 aromatic carbocycles. The number of rotatable bonds is 5. The molecular weight excluding hydrogens is 158 g/mol. The lowest BCUT2D eigenvalue weighted by atomic mass is 9.89. The molecule has 1 nitrogen and oxygen atoms in total. The van der Waals surface area contributed by atoms with Gasteiger partial charge in [-0.3, -0.25) is 0 Å². The minimum absolute atomic E-state index is 0.642. The Morgan fingerprint density at radius 2 is 1.92 bits per heavy atom. The fraction of sp³-hybridized carbons (Fsp3) is 1.00. The van der Waals surface area contributed by atoms with Crippen LogP contribution < -0.4 is 5.32 Å². The van der Waals surface area contributed by atoms with E-state index in [-0.39, 0.29) is 0 Å². The van der Waals surface area contributed by atoms with Gasteiger partial charge in [0.1, 0.15) is 0 Å². The summed E-state index contributed by atoms with van der Waals surface area (Å²) in [5.41, 5.74) is 0.642. The Hall–Kier alpha value is -0.0400. The van der Waals surface area contributed by atoms with Crippen LogP contribution in [0.3, 0.4) is 0 Å². The first-order valence-corrected chi connectivity index (χ1v) is 5.99. The van der Waals surface area contributed by atoms with E-state index in [0.717, 1.165) is 5.92 Å². The second kappa shape index (κ2) is 4.00. The molecule has 0 aromatic rings. The van der Waals surface area contributed by atoms with E-state index in [1.165, 1.54) is 58.0 Å². The molecule has 0 bridgehead atoms. The Morgan fingerprint density at radius 3 is 2.54 bits per heavy atom. The smallest absolute Gasteiger partial charge is 0.000516 e. The van der Waals surface area contributed by atoms with E-state index in [1.54, 1.807) is 0 Å². The van der Waals surface area contributed by atoms with E-state index in [4.69, 9.17) is 0 Å². The summed E-state index contributed by atoms with van der Waals surface area (Å²) >= 11 is 0. The van der Waals surface area contributed by atoms with Crippen LogP contribution >= 0.6 is 0 Å². The summed E-state index contributed by atoms with van der Waals surface area (Å²) in [6, 6.07) is 0. The molecule has 0 aromatic heterocycles. The molecule has 0 unspecified atom stereocenters. The van der Waals surface area contributed by atoms with Gasteiger partial charge in [0, 0.05) is 6.54 Å². The van der Waals surface area contributed by atoms with Gasteiger partial charge in [0.05, 0.1) is 0 Å². The zero-order valence-electron chi connectivity index (χ0n) is 8.94. The normalized spacial score (nSPS) is 26.5. The molecule has 2 aliphatic carbocycles. The second-order valence-electron chi connectivity index (χ2n) is 5.43. The van der Waals surface area contributed by atoms with Crippen molar-refractivity contribution in [3.63, 3.8) is 0 Å². The molecule has 0 saturated heterocycles. The van der Waals surface area contributed by atoms with E-state index in [0.29, 0.717) is 5.41 Å². The van der Waals surface area contributed by atoms with E-state index in [1.807, 2.05) is 0 Å². The fourth-order valence-corrected chi connectivity index (χ4v) is 2.51. The van der Waals surface area contributed by atoms with Gasteiger partial charge in [-0.1, -0.05) is 32.6 Å². The fourth-order valence-electron chi connectivity index (χ4n) is 2.51. The number of nitrogens with one attached hydrogen (secondary N) is 1. The minimum Gasteiger partial charge on any atom is -0.316 e. The molecule has 1 heteroatoms. The van der Waals surface area contributed by atoms with E-state index >= 15 is 0 Å². The molecule has 0 aliphatic heterocycles. The van der Waals surface area contributed by atoms with Gasteiger partial charge in [0.2, 0.25) is 0 Å². The van der Waals surface area contributed by atoms with Crippen LogP contribution in [-0.4, -0.2) is 13.1 Å². The van der Waals surface area contributed by atoms with Gasteiger partial charge in [-0.05, 0) is 37.1 Å². The topological polar surface area (TPSA) is 12.0 Å². The summed E-state index contributed by atoms with van der Waals surface area (Å²) in [6.45, 7) is 4.98. The highest BCUT2D eigenvalue weighted by Crippen LogP contribution is 2.37. The lowest BCUT2D eigenvalue weighted by Gasteiger charge is -2.23. The predicted molar refractivity (Wildman–Crippen MR) is 56.8 cm³/mol. The number of hydrogen-bond acceptors (Lipinski definition) is 1. The molecule has 0 radical (unpaired) electrons. The van der Waals surface area contributed by atoms with Crippen molar-refractivity contribution >= 4 is 0 Å². The van der Waals surface area contributed by atoms with Gasteiger partial charge >= 0.3 is 0 Å². The van der Waals surface area contributed by atoms with E-state index in [2.05, 4.69) is 12.2 Å². The van der Waals surface area contributed by atoms with Crippen LogP contribution in [0.4, 0.5) is 0 Å². The molecule has 1 N–H and O–H groups in total. The maximum absolute atomic E-state index is 3.64. The maximum Gasteiger partial charge on any atom is 0.000516 e. The first-order chi connectivity index (χ1) is 6.29. The molecule has 13 heavy (non-hydrogen) atoms. The zero-order chi connectivity index (χ0) is 9.15. The van der Waals surface area contributed by atoms with Crippen molar-refractivity contribution in [1.29, 1.82) is 0 Å². The van der Waals surface area contributed by atoms with Crippen molar-refractivity contribution in [2.75, 3.05) is 13.1 Å². The van der Waals surface area contributed by atoms with Gasteiger partial charge in [0.15, 0.2) is 0 Å². The average Bonchev–Trinajstić information content (AvgIpc) is 2.84.